The van der Waals surface area contributed by atoms with Crippen molar-refractivity contribution in [1.82, 2.24) is 0 Å². The fourth-order valence-electron chi connectivity index (χ4n) is 1.75. The lowest BCUT2D eigenvalue weighted by Gasteiger charge is -2.09. The van der Waals surface area contributed by atoms with Crippen LogP contribution in [0.5, 0.6) is 5.75 Å². The van der Waals surface area contributed by atoms with Gasteiger partial charge in [0.25, 0.3) is 0 Å². The molecule has 17 heavy (non-hydrogen) atoms. The van der Waals surface area contributed by atoms with Gasteiger partial charge in [0.2, 0.25) is 0 Å². The SMILES string of the molecule is CC1CC1C(=O)c1cccc(OC(F)(F)F)c1. The van der Waals surface area contributed by atoms with Crippen LogP contribution in [0.4, 0.5) is 13.2 Å². The fourth-order valence-corrected chi connectivity index (χ4v) is 1.75. The summed E-state index contributed by atoms with van der Waals surface area (Å²) in [6.07, 6.45) is -3.92. The van der Waals surface area contributed by atoms with Crippen LogP contribution in [0.15, 0.2) is 24.3 Å². The Labute approximate surface area is 96.4 Å². The van der Waals surface area contributed by atoms with Gasteiger partial charge >= 0.3 is 6.36 Å². The smallest absolute Gasteiger partial charge is 0.406 e. The monoisotopic (exact) mass is 244 g/mol. The molecule has 2 atom stereocenters. The molecule has 0 bridgehead atoms. The van der Waals surface area contributed by atoms with Crippen molar-refractivity contribution in [2.24, 2.45) is 11.8 Å². The summed E-state index contributed by atoms with van der Waals surface area (Å²) < 4.78 is 39.8. The van der Waals surface area contributed by atoms with Crippen molar-refractivity contribution in [3.8, 4) is 5.75 Å². The summed E-state index contributed by atoms with van der Waals surface area (Å²) in [7, 11) is 0. The number of halogens is 3. The Morgan fingerprint density at radius 2 is 2.06 bits per heavy atom. The second-order valence-electron chi connectivity index (χ2n) is 4.26. The maximum atomic E-state index is 12.0. The molecule has 0 N–H and O–H groups in total. The standard InChI is InChI=1S/C12H11F3O2/c1-7-5-10(7)11(16)8-3-2-4-9(6-8)17-12(13,14)15/h2-4,6-7,10H,5H2,1H3. The number of ketones is 1. The Morgan fingerprint density at radius 3 is 2.59 bits per heavy atom. The molecule has 2 unspecified atom stereocenters. The van der Waals surface area contributed by atoms with E-state index in [9.17, 15) is 18.0 Å². The first-order valence-corrected chi connectivity index (χ1v) is 5.27. The van der Waals surface area contributed by atoms with Gasteiger partial charge in [-0.05, 0) is 24.5 Å². The van der Waals surface area contributed by atoms with Gasteiger partial charge in [-0.1, -0.05) is 19.1 Å². The molecule has 1 aliphatic rings. The maximum Gasteiger partial charge on any atom is 0.573 e. The van der Waals surface area contributed by atoms with Crippen LogP contribution in [0.3, 0.4) is 0 Å². The molecule has 0 amide bonds. The highest BCUT2D eigenvalue weighted by Crippen LogP contribution is 2.40. The zero-order chi connectivity index (χ0) is 12.6. The Hall–Kier alpha value is -1.52. The number of hydrogen-bond donors (Lipinski definition) is 0. The number of benzene rings is 1. The van der Waals surface area contributed by atoms with E-state index in [0.29, 0.717) is 5.92 Å². The van der Waals surface area contributed by atoms with E-state index in [2.05, 4.69) is 4.74 Å². The third-order valence-electron chi connectivity index (χ3n) is 2.80. The van der Waals surface area contributed by atoms with Crippen LogP contribution in [-0.2, 0) is 0 Å². The molecule has 1 aliphatic carbocycles. The highest BCUT2D eigenvalue weighted by molar-refractivity contribution is 5.99. The van der Waals surface area contributed by atoms with Gasteiger partial charge in [-0.15, -0.1) is 13.2 Å². The molecule has 2 rings (SSSR count). The average molecular weight is 244 g/mol. The molecule has 2 nitrogen and oxygen atoms in total. The maximum absolute atomic E-state index is 12.0. The molecular formula is C12H11F3O2. The average Bonchev–Trinajstić information content (AvgIpc) is 2.92. The molecule has 92 valence electrons. The molecule has 0 radical (unpaired) electrons. The molecule has 1 fully saturated rings. The lowest BCUT2D eigenvalue weighted by atomic mass is 10.1. The van der Waals surface area contributed by atoms with Gasteiger partial charge in [-0.25, -0.2) is 0 Å². The number of alkyl halides is 3. The summed E-state index contributed by atoms with van der Waals surface area (Å²) >= 11 is 0. The largest absolute Gasteiger partial charge is 0.573 e. The predicted octanol–water partition coefficient (Wildman–Crippen LogP) is 3.42. The summed E-state index contributed by atoms with van der Waals surface area (Å²) in [4.78, 5) is 11.8. The predicted molar refractivity (Wildman–Crippen MR) is 54.7 cm³/mol. The number of carbonyl (C=O) groups is 1. The molecule has 1 saturated carbocycles. The second-order valence-corrected chi connectivity index (χ2v) is 4.26. The minimum atomic E-state index is -4.73. The quantitative estimate of drug-likeness (QED) is 0.761. The number of hydrogen-bond acceptors (Lipinski definition) is 2. The Morgan fingerprint density at radius 1 is 1.41 bits per heavy atom. The van der Waals surface area contributed by atoms with Crippen LogP contribution in [0.2, 0.25) is 0 Å². The fraction of sp³-hybridized carbons (Fsp3) is 0.417. The lowest BCUT2D eigenvalue weighted by Crippen LogP contribution is -2.17. The van der Waals surface area contributed by atoms with Crippen molar-refractivity contribution in [2.45, 2.75) is 19.7 Å². The van der Waals surface area contributed by atoms with E-state index in [1.54, 1.807) is 0 Å². The Balaban J connectivity index is 2.14. The van der Waals surface area contributed by atoms with Crippen molar-refractivity contribution in [2.75, 3.05) is 0 Å². The third-order valence-corrected chi connectivity index (χ3v) is 2.80. The molecular weight excluding hydrogens is 233 g/mol. The van der Waals surface area contributed by atoms with Gasteiger partial charge in [0, 0.05) is 11.5 Å². The van der Waals surface area contributed by atoms with Crippen molar-refractivity contribution < 1.29 is 22.7 Å². The van der Waals surface area contributed by atoms with Gasteiger partial charge in [0.15, 0.2) is 5.78 Å². The summed E-state index contributed by atoms with van der Waals surface area (Å²) in [5.74, 6) is -0.174. The first-order chi connectivity index (χ1) is 7.87. The zero-order valence-corrected chi connectivity index (χ0v) is 9.12. The van der Waals surface area contributed by atoms with Crippen molar-refractivity contribution in [3.05, 3.63) is 29.8 Å². The first kappa shape index (κ1) is 12.0. The van der Waals surface area contributed by atoms with Crippen LogP contribution < -0.4 is 4.74 Å². The zero-order valence-electron chi connectivity index (χ0n) is 9.12. The van der Waals surface area contributed by atoms with E-state index in [1.807, 2.05) is 6.92 Å². The summed E-state index contributed by atoms with van der Waals surface area (Å²) in [5.41, 5.74) is 0.279. The Bertz CT molecular complexity index is 440. The van der Waals surface area contributed by atoms with Crippen LogP contribution >= 0.6 is 0 Å². The highest BCUT2D eigenvalue weighted by Gasteiger charge is 2.39. The number of ether oxygens (including phenoxy) is 1. The van der Waals surface area contributed by atoms with E-state index in [1.165, 1.54) is 18.2 Å². The molecule has 1 aromatic carbocycles. The lowest BCUT2D eigenvalue weighted by molar-refractivity contribution is -0.274. The van der Waals surface area contributed by atoms with E-state index < -0.39 is 6.36 Å². The van der Waals surface area contributed by atoms with E-state index in [4.69, 9.17) is 0 Å². The topological polar surface area (TPSA) is 26.3 Å². The molecule has 0 saturated heterocycles. The second kappa shape index (κ2) is 4.05. The molecule has 0 heterocycles. The molecule has 1 aromatic rings. The third kappa shape index (κ3) is 2.99. The van der Waals surface area contributed by atoms with Gasteiger partial charge in [0.1, 0.15) is 5.75 Å². The van der Waals surface area contributed by atoms with Crippen LogP contribution in [0, 0.1) is 11.8 Å². The number of rotatable bonds is 3. The van der Waals surface area contributed by atoms with Gasteiger partial charge in [-0.3, -0.25) is 4.79 Å². The first-order valence-electron chi connectivity index (χ1n) is 5.27. The van der Waals surface area contributed by atoms with Crippen molar-refractivity contribution in [3.63, 3.8) is 0 Å². The Kier molecular flexibility index (Phi) is 2.85. The van der Waals surface area contributed by atoms with Crippen LogP contribution in [0.25, 0.3) is 0 Å². The minimum absolute atomic E-state index is 0.0452. The highest BCUT2D eigenvalue weighted by atomic mass is 19.4. The van der Waals surface area contributed by atoms with Crippen LogP contribution in [0.1, 0.15) is 23.7 Å². The van der Waals surface area contributed by atoms with Crippen LogP contribution in [-0.4, -0.2) is 12.1 Å². The molecule has 0 aliphatic heterocycles. The number of carbonyl (C=O) groups excluding carboxylic acids is 1. The van der Waals surface area contributed by atoms with E-state index in [0.717, 1.165) is 12.5 Å². The molecule has 0 spiro atoms. The number of Topliss-reactive ketones (excluding diaryl/α,β-unsaturated/α-hetero) is 1. The summed E-state index contributed by atoms with van der Waals surface area (Å²) in [5, 5.41) is 0. The normalized spacial score (nSPS) is 23.3. The van der Waals surface area contributed by atoms with E-state index in [-0.39, 0.29) is 23.0 Å². The van der Waals surface area contributed by atoms with Crippen molar-refractivity contribution >= 4 is 5.78 Å². The van der Waals surface area contributed by atoms with Gasteiger partial charge in [0.05, 0.1) is 0 Å². The van der Waals surface area contributed by atoms with Gasteiger partial charge in [-0.2, -0.15) is 0 Å². The molecule has 5 heteroatoms. The van der Waals surface area contributed by atoms with Gasteiger partial charge < -0.3 is 4.74 Å². The summed E-state index contributed by atoms with van der Waals surface area (Å²) in [6.45, 7) is 1.94. The minimum Gasteiger partial charge on any atom is -0.406 e. The van der Waals surface area contributed by atoms with Crippen molar-refractivity contribution in [1.29, 1.82) is 0 Å². The molecule has 0 aromatic heterocycles. The summed E-state index contributed by atoms with van der Waals surface area (Å²) in [6, 6.07) is 5.22. The van der Waals surface area contributed by atoms with E-state index >= 15 is 0 Å².